The second-order valence-electron chi connectivity index (χ2n) is 5.26. The third-order valence-electron chi connectivity index (χ3n) is 3.65. The van der Waals surface area contributed by atoms with Crippen molar-refractivity contribution in [1.82, 2.24) is 10.2 Å². The minimum absolute atomic E-state index is 0.0283. The van der Waals surface area contributed by atoms with Gasteiger partial charge in [-0.25, -0.2) is 0 Å². The monoisotopic (exact) mass is 354 g/mol. The summed E-state index contributed by atoms with van der Waals surface area (Å²) >= 11 is 3.56. The van der Waals surface area contributed by atoms with Crippen LogP contribution in [-0.2, 0) is 11.3 Å². The van der Waals surface area contributed by atoms with E-state index in [1.165, 1.54) is 12.8 Å². The minimum atomic E-state index is 0.0283. The summed E-state index contributed by atoms with van der Waals surface area (Å²) in [5, 5.41) is 3.48. The largest absolute Gasteiger partial charge is 0.484 e. The molecule has 1 fully saturated rings. The first-order valence-electron chi connectivity index (χ1n) is 7.56. The summed E-state index contributed by atoms with van der Waals surface area (Å²) in [5.41, 5.74) is 1.16. The predicted molar refractivity (Wildman–Crippen MR) is 87.4 cm³/mol. The summed E-state index contributed by atoms with van der Waals surface area (Å²) in [5.74, 6) is 0.770. The van der Waals surface area contributed by atoms with Crippen LogP contribution in [0.5, 0.6) is 5.75 Å². The molecule has 0 aromatic heterocycles. The SMILES string of the molecule is CCN(CC)C(=O)COc1ccc(Br)c(CNC2CC2)c1. The number of hydrogen-bond acceptors (Lipinski definition) is 3. The maximum absolute atomic E-state index is 11.9. The van der Waals surface area contributed by atoms with E-state index in [9.17, 15) is 4.79 Å². The van der Waals surface area contributed by atoms with Crippen LogP contribution in [0.15, 0.2) is 22.7 Å². The summed E-state index contributed by atoms with van der Waals surface area (Å²) in [7, 11) is 0. The zero-order valence-electron chi connectivity index (χ0n) is 12.7. The summed E-state index contributed by atoms with van der Waals surface area (Å²) in [6.07, 6.45) is 2.54. The van der Waals surface area contributed by atoms with E-state index in [4.69, 9.17) is 4.74 Å². The van der Waals surface area contributed by atoms with Gasteiger partial charge < -0.3 is 15.0 Å². The molecular weight excluding hydrogens is 332 g/mol. The third kappa shape index (κ3) is 5.00. The van der Waals surface area contributed by atoms with Crippen LogP contribution in [0, 0.1) is 0 Å². The highest BCUT2D eigenvalue weighted by molar-refractivity contribution is 9.10. The van der Waals surface area contributed by atoms with E-state index < -0.39 is 0 Å². The number of amides is 1. The number of carbonyl (C=O) groups is 1. The highest BCUT2D eigenvalue weighted by Crippen LogP contribution is 2.25. The summed E-state index contributed by atoms with van der Waals surface area (Å²) < 4.78 is 6.70. The molecule has 0 atom stereocenters. The second-order valence-corrected chi connectivity index (χ2v) is 6.12. The van der Waals surface area contributed by atoms with Gasteiger partial charge in [-0.1, -0.05) is 15.9 Å². The average Bonchev–Trinajstić information content (AvgIpc) is 3.30. The van der Waals surface area contributed by atoms with Crippen molar-refractivity contribution in [3.63, 3.8) is 0 Å². The molecule has 4 nitrogen and oxygen atoms in total. The lowest BCUT2D eigenvalue weighted by atomic mass is 10.2. The lowest BCUT2D eigenvalue weighted by Gasteiger charge is -2.19. The van der Waals surface area contributed by atoms with Gasteiger partial charge >= 0.3 is 0 Å². The summed E-state index contributed by atoms with van der Waals surface area (Å²) in [4.78, 5) is 13.7. The Morgan fingerprint density at radius 1 is 1.38 bits per heavy atom. The van der Waals surface area contributed by atoms with Gasteiger partial charge in [0.2, 0.25) is 0 Å². The molecule has 0 bridgehead atoms. The highest BCUT2D eigenvalue weighted by Gasteiger charge is 2.20. The van der Waals surface area contributed by atoms with Gasteiger partial charge in [0.15, 0.2) is 6.61 Å². The van der Waals surface area contributed by atoms with Crippen LogP contribution in [0.3, 0.4) is 0 Å². The van der Waals surface area contributed by atoms with Crippen molar-refractivity contribution in [2.45, 2.75) is 39.3 Å². The van der Waals surface area contributed by atoms with E-state index in [1.54, 1.807) is 4.90 Å². The van der Waals surface area contributed by atoms with Gasteiger partial charge in [-0.15, -0.1) is 0 Å². The molecule has 21 heavy (non-hydrogen) atoms. The fourth-order valence-corrected chi connectivity index (χ4v) is 2.52. The molecule has 0 radical (unpaired) electrons. The zero-order valence-corrected chi connectivity index (χ0v) is 14.3. The lowest BCUT2D eigenvalue weighted by Crippen LogP contribution is -2.34. The van der Waals surface area contributed by atoms with Crippen molar-refractivity contribution in [3.8, 4) is 5.75 Å². The van der Waals surface area contributed by atoms with Gasteiger partial charge in [-0.05, 0) is 50.5 Å². The van der Waals surface area contributed by atoms with Gasteiger partial charge in [0.05, 0.1) is 0 Å². The molecular formula is C16H23BrN2O2. The average molecular weight is 355 g/mol. The van der Waals surface area contributed by atoms with Crippen molar-refractivity contribution < 1.29 is 9.53 Å². The van der Waals surface area contributed by atoms with Crippen molar-refractivity contribution in [2.24, 2.45) is 0 Å². The molecule has 1 amide bonds. The molecule has 5 heteroatoms. The number of likely N-dealkylation sites (N-methyl/N-ethyl adjacent to an activating group) is 1. The number of hydrogen-bond donors (Lipinski definition) is 1. The van der Waals surface area contributed by atoms with E-state index in [0.717, 1.165) is 35.4 Å². The maximum Gasteiger partial charge on any atom is 0.260 e. The predicted octanol–water partition coefficient (Wildman–Crippen LogP) is 2.95. The Balaban J connectivity index is 1.90. The Hall–Kier alpha value is -1.07. The molecule has 2 rings (SSSR count). The normalized spacial score (nSPS) is 14.0. The molecule has 1 N–H and O–H groups in total. The molecule has 0 unspecified atom stereocenters. The quantitative estimate of drug-likeness (QED) is 0.780. The summed E-state index contributed by atoms with van der Waals surface area (Å²) in [6.45, 7) is 6.31. The number of nitrogens with one attached hydrogen (secondary N) is 1. The molecule has 0 saturated heterocycles. The Morgan fingerprint density at radius 2 is 2.10 bits per heavy atom. The Kier molecular flexibility index (Phi) is 6.06. The molecule has 1 aliphatic carbocycles. The van der Waals surface area contributed by atoms with Crippen molar-refractivity contribution in [3.05, 3.63) is 28.2 Å². The van der Waals surface area contributed by atoms with Crippen LogP contribution in [0.1, 0.15) is 32.3 Å². The number of rotatable bonds is 8. The minimum Gasteiger partial charge on any atom is -0.484 e. The van der Waals surface area contributed by atoms with Gasteiger partial charge in [0.25, 0.3) is 5.91 Å². The first-order valence-corrected chi connectivity index (χ1v) is 8.35. The number of carbonyl (C=O) groups excluding carboxylic acids is 1. The Labute approximate surface area is 135 Å². The first kappa shape index (κ1) is 16.3. The molecule has 116 valence electrons. The third-order valence-corrected chi connectivity index (χ3v) is 4.43. The lowest BCUT2D eigenvalue weighted by molar-refractivity contribution is -0.132. The topological polar surface area (TPSA) is 41.6 Å². The highest BCUT2D eigenvalue weighted by atomic mass is 79.9. The van der Waals surface area contributed by atoms with Crippen LogP contribution < -0.4 is 10.1 Å². The zero-order chi connectivity index (χ0) is 15.2. The Bertz CT molecular complexity index is 485. The number of ether oxygens (including phenoxy) is 1. The fourth-order valence-electron chi connectivity index (χ4n) is 2.13. The molecule has 1 aliphatic rings. The van der Waals surface area contributed by atoms with Gasteiger partial charge in [-0.2, -0.15) is 0 Å². The molecule has 0 aliphatic heterocycles. The maximum atomic E-state index is 11.9. The van der Waals surface area contributed by atoms with E-state index >= 15 is 0 Å². The first-order chi connectivity index (χ1) is 10.1. The second kappa shape index (κ2) is 7.80. The van der Waals surface area contributed by atoms with Crippen LogP contribution in [-0.4, -0.2) is 36.5 Å². The summed E-state index contributed by atoms with van der Waals surface area (Å²) in [6, 6.07) is 6.53. The van der Waals surface area contributed by atoms with Gasteiger partial charge in [0, 0.05) is 30.1 Å². The van der Waals surface area contributed by atoms with E-state index in [-0.39, 0.29) is 12.5 Å². The smallest absolute Gasteiger partial charge is 0.260 e. The van der Waals surface area contributed by atoms with E-state index in [0.29, 0.717) is 6.04 Å². The molecule has 1 aromatic carbocycles. The van der Waals surface area contributed by atoms with Crippen LogP contribution in [0.25, 0.3) is 0 Å². The van der Waals surface area contributed by atoms with Crippen molar-refractivity contribution in [1.29, 1.82) is 0 Å². The van der Waals surface area contributed by atoms with Gasteiger partial charge in [-0.3, -0.25) is 4.79 Å². The van der Waals surface area contributed by atoms with E-state index in [2.05, 4.69) is 21.2 Å². The molecule has 1 aromatic rings. The molecule has 1 saturated carbocycles. The van der Waals surface area contributed by atoms with Crippen LogP contribution in [0.2, 0.25) is 0 Å². The molecule has 0 spiro atoms. The fraction of sp³-hybridized carbons (Fsp3) is 0.562. The number of benzene rings is 1. The van der Waals surface area contributed by atoms with Gasteiger partial charge in [0.1, 0.15) is 5.75 Å². The molecule has 0 heterocycles. The standard InChI is InChI=1S/C16H23BrN2O2/c1-3-19(4-2)16(20)11-21-14-7-8-15(17)12(9-14)10-18-13-5-6-13/h7-9,13,18H,3-6,10-11H2,1-2H3. The van der Waals surface area contributed by atoms with Crippen LogP contribution >= 0.6 is 15.9 Å². The Morgan fingerprint density at radius 3 is 2.71 bits per heavy atom. The van der Waals surface area contributed by atoms with Crippen LogP contribution in [0.4, 0.5) is 0 Å². The van der Waals surface area contributed by atoms with Crippen molar-refractivity contribution in [2.75, 3.05) is 19.7 Å². The van der Waals surface area contributed by atoms with Crippen molar-refractivity contribution >= 4 is 21.8 Å². The number of nitrogens with zero attached hydrogens (tertiary/aromatic N) is 1. The number of halogens is 1. The van der Waals surface area contributed by atoms with E-state index in [1.807, 2.05) is 32.0 Å².